The lowest BCUT2D eigenvalue weighted by atomic mass is 10.0. The van der Waals surface area contributed by atoms with Gasteiger partial charge in [-0.1, -0.05) is 152 Å². The molecule has 0 saturated carbocycles. The highest BCUT2D eigenvalue weighted by Gasteiger charge is 2.21. The first-order chi connectivity index (χ1) is 28.7. The van der Waals surface area contributed by atoms with Crippen LogP contribution < -0.4 is 0 Å². The van der Waals surface area contributed by atoms with Gasteiger partial charge in [-0.05, 0) is 76.1 Å². The summed E-state index contributed by atoms with van der Waals surface area (Å²) in [6.45, 7) is 0. The van der Waals surface area contributed by atoms with Gasteiger partial charge in [0, 0.05) is 49.6 Å². The largest absolute Gasteiger partial charge is 0.309 e. The van der Waals surface area contributed by atoms with Gasteiger partial charge in [-0.15, -0.1) is 0 Å². The lowest BCUT2D eigenvalue weighted by molar-refractivity contribution is 1.18. The van der Waals surface area contributed by atoms with Gasteiger partial charge in [0.25, 0.3) is 0 Å². The summed E-state index contributed by atoms with van der Waals surface area (Å²) in [5.41, 5.74) is 11.9. The fourth-order valence-electron chi connectivity index (χ4n) is 8.97. The van der Waals surface area contributed by atoms with Crippen LogP contribution in [0.4, 0.5) is 0 Å². The Morgan fingerprint density at radius 1 is 0.310 bits per heavy atom. The molecule has 0 amide bonds. The monoisotopic (exact) mass is 738 g/mol. The number of hydrogen-bond acceptors (Lipinski definition) is 2. The smallest absolute Gasteiger partial charge is 0.160 e. The Morgan fingerprint density at radius 3 is 1.59 bits per heavy atom. The number of benzene rings is 9. The Morgan fingerprint density at radius 2 is 0.862 bits per heavy atom. The van der Waals surface area contributed by atoms with E-state index in [4.69, 9.17) is 9.97 Å². The lowest BCUT2D eigenvalue weighted by Gasteiger charge is -2.12. The zero-order valence-corrected chi connectivity index (χ0v) is 31.4. The van der Waals surface area contributed by atoms with Crippen molar-refractivity contribution in [2.24, 2.45) is 0 Å². The Bertz CT molecular complexity index is 3500. The first-order valence-corrected chi connectivity index (χ1v) is 19.7. The highest BCUT2D eigenvalue weighted by molar-refractivity contribution is 6.26. The van der Waals surface area contributed by atoms with Gasteiger partial charge in [0.1, 0.15) is 0 Å². The van der Waals surface area contributed by atoms with Crippen molar-refractivity contribution < 1.29 is 0 Å². The quantitative estimate of drug-likeness (QED) is 0.176. The van der Waals surface area contributed by atoms with E-state index in [1.807, 2.05) is 12.1 Å². The molecule has 270 valence electrons. The first kappa shape index (κ1) is 32.4. The van der Waals surface area contributed by atoms with E-state index in [1.54, 1.807) is 0 Å². The predicted molar refractivity (Wildman–Crippen MR) is 242 cm³/mol. The number of aromatic nitrogens is 4. The second-order valence-corrected chi connectivity index (χ2v) is 15.0. The second kappa shape index (κ2) is 12.9. The molecule has 0 bridgehead atoms. The Kier molecular flexibility index (Phi) is 7.20. The average molecular weight is 739 g/mol. The molecule has 9 aromatic carbocycles. The van der Waals surface area contributed by atoms with Crippen molar-refractivity contribution >= 4 is 65.2 Å². The van der Waals surface area contributed by atoms with Crippen LogP contribution >= 0.6 is 0 Å². The molecule has 12 rings (SSSR count). The number of hydrogen-bond donors (Lipinski definition) is 0. The topological polar surface area (TPSA) is 35.6 Å². The van der Waals surface area contributed by atoms with Crippen LogP contribution in [0.3, 0.4) is 0 Å². The summed E-state index contributed by atoms with van der Waals surface area (Å²) in [5.74, 6) is 0.702. The van der Waals surface area contributed by atoms with Gasteiger partial charge in [-0.25, -0.2) is 9.97 Å². The van der Waals surface area contributed by atoms with Crippen LogP contribution in [0.1, 0.15) is 0 Å². The van der Waals surface area contributed by atoms with E-state index in [9.17, 15) is 0 Å². The second-order valence-electron chi connectivity index (χ2n) is 15.0. The number of fused-ring (bicyclic) bond motifs is 9. The first-order valence-electron chi connectivity index (χ1n) is 19.7. The van der Waals surface area contributed by atoms with Crippen LogP contribution in [0, 0.1) is 0 Å². The minimum Gasteiger partial charge on any atom is -0.309 e. The molecule has 0 radical (unpaired) electrons. The summed E-state index contributed by atoms with van der Waals surface area (Å²) in [7, 11) is 0. The SMILES string of the molecule is c1ccc(-c2cc(-c3ccccc3)nc(-c3ccc4ccc(-n5c6ccccc6c6c5ccc5c7ccccc7n(-c7ccc8ccccc8c7)c56)cc4c3)n2)cc1. The normalized spacial score (nSPS) is 11.8. The van der Waals surface area contributed by atoms with Crippen molar-refractivity contribution in [3.8, 4) is 45.3 Å². The van der Waals surface area contributed by atoms with Crippen LogP contribution in [-0.4, -0.2) is 19.1 Å². The highest BCUT2D eigenvalue weighted by atomic mass is 15.0. The van der Waals surface area contributed by atoms with E-state index in [0.29, 0.717) is 5.82 Å². The fraction of sp³-hybridized carbons (Fsp3) is 0. The molecule has 0 aliphatic carbocycles. The van der Waals surface area contributed by atoms with Crippen molar-refractivity contribution in [3.63, 3.8) is 0 Å². The van der Waals surface area contributed by atoms with Gasteiger partial charge in [0.2, 0.25) is 0 Å². The third-order valence-corrected chi connectivity index (χ3v) is 11.7. The summed E-state index contributed by atoms with van der Waals surface area (Å²) in [6, 6.07) is 73.8. The fourth-order valence-corrected chi connectivity index (χ4v) is 8.97. The molecule has 3 heterocycles. The van der Waals surface area contributed by atoms with E-state index in [1.165, 1.54) is 54.4 Å². The van der Waals surface area contributed by atoms with Crippen molar-refractivity contribution in [2.75, 3.05) is 0 Å². The molecule has 12 aromatic rings. The molecule has 0 atom stereocenters. The lowest BCUT2D eigenvalue weighted by Crippen LogP contribution is -1.97. The van der Waals surface area contributed by atoms with Crippen LogP contribution in [0.15, 0.2) is 206 Å². The molecule has 0 aliphatic rings. The minimum atomic E-state index is 0.702. The molecule has 0 unspecified atom stereocenters. The molecular weight excluding hydrogens is 705 g/mol. The molecule has 3 aromatic heterocycles. The molecule has 0 aliphatic heterocycles. The Labute approximate surface area is 334 Å². The third kappa shape index (κ3) is 5.09. The minimum absolute atomic E-state index is 0.702. The van der Waals surface area contributed by atoms with E-state index in [-0.39, 0.29) is 0 Å². The molecule has 0 fully saturated rings. The predicted octanol–water partition coefficient (Wildman–Crippen LogP) is 14.0. The van der Waals surface area contributed by atoms with Crippen LogP contribution in [-0.2, 0) is 0 Å². The number of nitrogens with zero attached hydrogens (tertiary/aromatic N) is 4. The summed E-state index contributed by atoms with van der Waals surface area (Å²) < 4.78 is 4.90. The van der Waals surface area contributed by atoms with Gasteiger partial charge < -0.3 is 9.13 Å². The molecule has 4 nitrogen and oxygen atoms in total. The molecule has 0 N–H and O–H groups in total. The van der Waals surface area contributed by atoms with Crippen LogP contribution in [0.5, 0.6) is 0 Å². The van der Waals surface area contributed by atoms with Gasteiger partial charge in [0.05, 0.1) is 33.5 Å². The van der Waals surface area contributed by atoms with E-state index in [2.05, 4.69) is 203 Å². The standard InChI is InChI=1S/C54H34N4/c1-3-14-37(15-4-1)47-34-48(38-16-5-2-6-17-38)56-54(55-47)40-24-23-36-26-27-42(33-41(36)31-40)57-50-22-12-10-20-46(50)52-51(57)30-29-45-44-19-9-11-21-49(44)58(53(45)52)43-28-25-35-13-7-8-18-39(35)32-43/h1-34H. The van der Waals surface area contributed by atoms with Gasteiger partial charge >= 0.3 is 0 Å². The third-order valence-electron chi connectivity index (χ3n) is 11.7. The molecular formula is C54H34N4. The van der Waals surface area contributed by atoms with Crippen molar-refractivity contribution in [2.45, 2.75) is 0 Å². The van der Waals surface area contributed by atoms with E-state index in [0.717, 1.165) is 50.2 Å². The maximum Gasteiger partial charge on any atom is 0.160 e. The number of rotatable bonds is 5. The zero-order chi connectivity index (χ0) is 38.2. The van der Waals surface area contributed by atoms with Crippen molar-refractivity contribution in [1.82, 2.24) is 19.1 Å². The molecule has 0 spiro atoms. The van der Waals surface area contributed by atoms with Crippen molar-refractivity contribution in [3.05, 3.63) is 206 Å². The van der Waals surface area contributed by atoms with E-state index < -0.39 is 0 Å². The highest BCUT2D eigenvalue weighted by Crippen LogP contribution is 2.42. The molecule has 58 heavy (non-hydrogen) atoms. The van der Waals surface area contributed by atoms with Crippen LogP contribution in [0.25, 0.3) is 110 Å². The van der Waals surface area contributed by atoms with Gasteiger partial charge in [-0.2, -0.15) is 0 Å². The van der Waals surface area contributed by atoms with Crippen LogP contribution in [0.2, 0.25) is 0 Å². The van der Waals surface area contributed by atoms with Gasteiger partial charge in [-0.3, -0.25) is 0 Å². The maximum absolute atomic E-state index is 5.14. The van der Waals surface area contributed by atoms with E-state index >= 15 is 0 Å². The summed E-state index contributed by atoms with van der Waals surface area (Å²) in [6.07, 6.45) is 0. The summed E-state index contributed by atoms with van der Waals surface area (Å²) in [5, 5.41) is 9.71. The van der Waals surface area contributed by atoms with Crippen molar-refractivity contribution in [1.29, 1.82) is 0 Å². The number of para-hydroxylation sites is 2. The Balaban J connectivity index is 1.07. The maximum atomic E-state index is 5.14. The van der Waals surface area contributed by atoms with Gasteiger partial charge in [0.15, 0.2) is 5.82 Å². The molecule has 4 heteroatoms. The molecule has 0 saturated heterocycles. The summed E-state index contributed by atoms with van der Waals surface area (Å²) in [4.78, 5) is 10.3. The summed E-state index contributed by atoms with van der Waals surface area (Å²) >= 11 is 0. The zero-order valence-electron chi connectivity index (χ0n) is 31.4. The Hall–Kier alpha value is -7.82. The average Bonchev–Trinajstić information content (AvgIpc) is 3.82.